The minimum Gasteiger partial charge on any atom is -0.494 e. The molecule has 2 amide bonds. The van der Waals surface area contributed by atoms with Gasteiger partial charge in [0.2, 0.25) is 11.8 Å². The molecule has 0 saturated heterocycles. The maximum absolute atomic E-state index is 13.3. The molecule has 1 aliphatic carbocycles. The van der Waals surface area contributed by atoms with Crippen LogP contribution in [0.15, 0.2) is 48.5 Å². The van der Waals surface area contributed by atoms with E-state index in [0.29, 0.717) is 42.5 Å². The molecule has 0 aromatic heterocycles. The SMILES string of the molecule is CCC(C(=O)NC1CCCC1)N(Cc1ccc(Cl)c(Cl)c1)C(=O)CCCOc1ccccc1. The summed E-state index contributed by atoms with van der Waals surface area (Å²) < 4.78 is 5.72. The summed E-state index contributed by atoms with van der Waals surface area (Å²) in [6.07, 6.45) is 5.66. The molecule has 7 heteroatoms. The molecule has 1 saturated carbocycles. The average Bonchev–Trinajstić information content (AvgIpc) is 3.32. The standard InChI is InChI=1S/C26H32Cl2N2O3/c1-2-24(26(32)29-20-9-6-7-10-20)30(18-19-14-15-22(27)23(28)17-19)25(31)13-8-16-33-21-11-4-3-5-12-21/h3-5,11-12,14-15,17,20,24H,2,6-10,13,16,18H2,1H3,(H,29,32). The smallest absolute Gasteiger partial charge is 0.243 e. The number of carbonyl (C=O) groups excluding carboxylic acids is 2. The number of hydrogen-bond donors (Lipinski definition) is 1. The van der Waals surface area contributed by atoms with E-state index in [9.17, 15) is 9.59 Å². The normalized spacial score (nSPS) is 14.6. The zero-order valence-electron chi connectivity index (χ0n) is 19.1. The van der Waals surface area contributed by atoms with E-state index in [1.807, 2.05) is 43.3 Å². The zero-order valence-corrected chi connectivity index (χ0v) is 20.6. The number of amides is 2. The van der Waals surface area contributed by atoms with Gasteiger partial charge in [-0.3, -0.25) is 9.59 Å². The summed E-state index contributed by atoms with van der Waals surface area (Å²) in [7, 11) is 0. The largest absolute Gasteiger partial charge is 0.494 e. The highest BCUT2D eigenvalue weighted by Crippen LogP contribution is 2.25. The number of nitrogens with one attached hydrogen (secondary N) is 1. The Morgan fingerprint density at radius 1 is 1.09 bits per heavy atom. The van der Waals surface area contributed by atoms with E-state index >= 15 is 0 Å². The Morgan fingerprint density at radius 2 is 1.82 bits per heavy atom. The van der Waals surface area contributed by atoms with Crippen LogP contribution in [0, 0.1) is 0 Å². The van der Waals surface area contributed by atoms with Crippen LogP contribution >= 0.6 is 23.2 Å². The lowest BCUT2D eigenvalue weighted by molar-refractivity contribution is -0.141. The summed E-state index contributed by atoms with van der Waals surface area (Å²) in [6, 6.07) is 14.5. The molecule has 1 fully saturated rings. The summed E-state index contributed by atoms with van der Waals surface area (Å²) in [5, 5.41) is 4.05. The number of benzene rings is 2. The summed E-state index contributed by atoms with van der Waals surface area (Å²) in [5.41, 5.74) is 0.838. The molecule has 2 aromatic rings. The molecule has 0 aliphatic heterocycles. The monoisotopic (exact) mass is 490 g/mol. The van der Waals surface area contributed by atoms with Gasteiger partial charge in [0.05, 0.1) is 16.7 Å². The quantitative estimate of drug-likeness (QED) is 0.391. The molecular weight excluding hydrogens is 459 g/mol. The molecule has 3 rings (SSSR count). The van der Waals surface area contributed by atoms with Crippen LogP contribution in [0.4, 0.5) is 0 Å². The van der Waals surface area contributed by atoms with Crippen molar-refractivity contribution in [3.63, 3.8) is 0 Å². The van der Waals surface area contributed by atoms with E-state index < -0.39 is 6.04 Å². The van der Waals surface area contributed by atoms with Crippen LogP contribution in [0.5, 0.6) is 5.75 Å². The van der Waals surface area contributed by atoms with Gasteiger partial charge in [0.1, 0.15) is 11.8 Å². The summed E-state index contributed by atoms with van der Waals surface area (Å²) in [4.78, 5) is 28.1. The van der Waals surface area contributed by atoms with Crippen molar-refractivity contribution in [1.29, 1.82) is 0 Å². The van der Waals surface area contributed by atoms with Gasteiger partial charge in [-0.1, -0.05) is 67.2 Å². The average molecular weight is 491 g/mol. The number of halogens is 2. The summed E-state index contributed by atoms with van der Waals surface area (Å²) in [6.45, 7) is 2.67. The number of rotatable bonds is 11. The van der Waals surface area contributed by atoms with Gasteiger partial charge < -0.3 is 15.0 Å². The van der Waals surface area contributed by atoms with Crippen molar-refractivity contribution in [2.45, 2.75) is 70.5 Å². The van der Waals surface area contributed by atoms with Gasteiger partial charge in [-0.05, 0) is 55.5 Å². The number of ether oxygens (including phenoxy) is 1. The van der Waals surface area contributed by atoms with Gasteiger partial charge in [-0.25, -0.2) is 0 Å². The Hall–Kier alpha value is -2.24. The van der Waals surface area contributed by atoms with Crippen molar-refractivity contribution in [2.75, 3.05) is 6.61 Å². The fourth-order valence-electron chi connectivity index (χ4n) is 4.20. The van der Waals surface area contributed by atoms with Crippen LogP contribution in [0.3, 0.4) is 0 Å². The topological polar surface area (TPSA) is 58.6 Å². The molecule has 0 heterocycles. The number of hydrogen-bond acceptors (Lipinski definition) is 3. The number of para-hydroxylation sites is 1. The molecule has 1 unspecified atom stereocenters. The van der Waals surface area contributed by atoms with Crippen molar-refractivity contribution in [3.05, 3.63) is 64.1 Å². The van der Waals surface area contributed by atoms with Crippen molar-refractivity contribution >= 4 is 35.0 Å². The molecule has 0 radical (unpaired) electrons. The third-order valence-corrected chi connectivity index (χ3v) is 6.71. The van der Waals surface area contributed by atoms with E-state index in [1.54, 1.807) is 17.0 Å². The van der Waals surface area contributed by atoms with Gasteiger partial charge in [0, 0.05) is 19.0 Å². The molecule has 5 nitrogen and oxygen atoms in total. The molecule has 0 bridgehead atoms. The van der Waals surface area contributed by atoms with Gasteiger partial charge in [-0.15, -0.1) is 0 Å². The molecule has 1 aliphatic rings. The molecule has 0 spiro atoms. The van der Waals surface area contributed by atoms with Crippen LogP contribution in [0.2, 0.25) is 10.0 Å². The molecular formula is C26H32Cl2N2O3. The van der Waals surface area contributed by atoms with Crippen molar-refractivity contribution in [1.82, 2.24) is 10.2 Å². The Balaban J connectivity index is 1.67. The van der Waals surface area contributed by atoms with Gasteiger partial charge in [0.25, 0.3) is 0 Å². The molecule has 1 atom stereocenters. The van der Waals surface area contributed by atoms with Crippen LogP contribution in [0.25, 0.3) is 0 Å². The maximum Gasteiger partial charge on any atom is 0.243 e. The Labute approximate surface area is 206 Å². The van der Waals surface area contributed by atoms with Crippen LogP contribution in [-0.4, -0.2) is 35.4 Å². The predicted molar refractivity (Wildman–Crippen MR) is 133 cm³/mol. The molecule has 1 N–H and O–H groups in total. The predicted octanol–water partition coefficient (Wildman–Crippen LogP) is 6.02. The second kappa shape index (κ2) is 12.9. The summed E-state index contributed by atoms with van der Waals surface area (Å²) >= 11 is 12.3. The van der Waals surface area contributed by atoms with Gasteiger partial charge in [0.15, 0.2) is 0 Å². The third kappa shape index (κ3) is 7.65. The minimum absolute atomic E-state index is 0.0776. The molecule has 178 valence electrons. The zero-order chi connectivity index (χ0) is 23.6. The van der Waals surface area contributed by atoms with E-state index in [2.05, 4.69) is 5.32 Å². The van der Waals surface area contributed by atoms with Crippen LogP contribution in [-0.2, 0) is 16.1 Å². The van der Waals surface area contributed by atoms with Crippen LogP contribution < -0.4 is 10.1 Å². The lowest BCUT2D eigenvalue weighted by Crippen LogP contribution is -2.50. The second-order valence-corrected chi connectivity index (χ2v) is 9.26. The second-order valence-electron chi connectivity index (χ2n) is 8.45. The number of nitrogens with zero attached hydrogens (tertiary/aromatic N) is 1. The van der Waals surface area contributed by atoms with E-state index in [4.69, 9.17) is 27.9 Å². The Morgan fingerprint density at radius 3 is 2.48 bits per heavy atom. The lowest BCUT2D eigenvalue weighted by Gasteiger charge is -2.31. The Kier molecular flexibility index (Phi) is 9.89. The van der Waals surface area contributed by atoms with E-state index in [1.165, 1.54) is 0 Å². The van der Waals surface area contributed by atoms with Crippen LogP contribution in [0.1, 0.15) is 57.4 Å². The third-order valence-electron chi connectivity index (χ3n) is 5.97. The first kappa shape index (κ1) is 25.4. The fraction of sp³-hybridized carbons (Fsp3) is 0.462. The van der Waals surface area contributed by atoms with Gasteiger partial charge in [-0.2, -0.15) is 0 Å². The molecule has 33 heavy (non-hydrogen) atoms. The lowest BCUT2D eigenvalue weighted by atomic mass is 10.1. The van der Waals surface area contributed by atoms with Crippen molar-refractivity contribution in [3.8, 4) is 5.75 Å². The highest BCUT2D eigenvalue weighted by molar-refractivity contribution is 6.42. The highest BCUT2D eigenvalue weighted by Gasteiger charge is 2.30. The maximum atomic E-state index is 13.3. The number of carbonyl (C=O) groups is 2. The first-order chi connectivity index (χ1) is 16.0. The molecule has 2 aromatic carbocycles. The van der Waals surface area contributed by atoms with E-state index in [0.717, 1.165) is 37.0 Å². The summed E-state index contributed by atoms with van der Waals surface area (Å²) in [5.74, 6) is 0.615. The highest BCUT2D eigenvalue weighted by atomic mass is 35.5. The van der Waals surface area contributed by atoms with Gasteiger partial charge >= 0.3 is 0 Å². The Bertz CT molecular complexity index is 917. The van der Waals surface area contributed by atoms with E-state index in [-0.39, 0.29) is 17.9 Å². The fourth-order valence-corrected chi connectivity index (χ4v) is 4.52. The first-order valence-corrected chi connectivity index (χ1v) is 12.4. The van der Waals surface area contributed by atoms with Crippen molar-refractivity contribution in [2.24, 2.45) is 0 Å². The van der Waals surface area contributed by atoms with Crippen molar-refractivity contribution < 1.29 is 14.3 Å². The first-order valence-electron chi connectivity index (χ1n) is 11.7. The minimum atomic E-state index is -0.539.